The Hall–Kier alpha value is -1.92. The van der Waals surface area contributed by atoms with E-state index in [1.54, 1.807) is 33.1 Å². The van der Waals surface area contributed by atoms with E-state index in [4.69, 9.17) is 4.74 Å². The highest BCUT2D eigenvalue weighted by Crippen LogP contribution is 2.07. The predicted molar refractivity (Wildman–Crippen MR) is 138 cm³/mol. The summed E-state index contributed by atoms with van der Waals surface area (Å²) in [6.07, 6.45) is 0.736. The lowest BCUT2D eigenvalue weighted by molar-refractivity contribution is -0.127. The minimum Gasteiger partial charge on any atom is -0.379 e. The number of aliphatic imine (C=N–C) groups is 1. The van der Waals surface area contributed by atoms with E-state index >= 15 is 0 Å². The summed E-state index contributed by atoms with van der Waals surface area (Å²) >= 11 is 0. The van der Waals surface area contributed by atoms with Gasteiger partial charge < -0.3 is 25.2 Å². The third-order valence-electron chi connectivity index (χ3n) is 4.98. The number of likely N-dealkylation sites (N-methyl/N-ethyl adjacent to an activating group) is 1. The largest absolute Gasteiger partial charge is 0.379 e. The number of morpholine rings is 1. The molecule has 0 aromatic heterocycles. The fourth-order valence-electron chi connectivity index (χ4n) is 3.06. The predicted octanol–water partition coefficient (Wildman–Crippen LogP) is 0.505. The molecule has 180 valence electrons. The van der Waals surface area contributed by atoms with Crippen LogP contribution in [-0.2, 0) is 16.0 Å². The lowest BCUT2D eigenvalue weighted by Crippen LogP contribution is -2.45. The minimum atomic E-state index is -0.0517. The Balaban J connectivity index is 0.00000512. The fourth-order valence-corrected chi connectivity index (χ4v) is 3.06. The van der Waals surface area contributed by atoms with Gasteiger partial charge in [-0.2, -0.15) is 0 Å². The van der Waals surface area contributed by atoms with Crippen LogP contribution in [0.5, 0.6) is 0 Å². The number of nitrogens with zero attached hydrogens (tertiary/aromatic N) is 4. The number of rotatable bonds is 9. The first-order valence-corrected chi connectivity index (χ1v) is 10.7. The van der Waals surface area contributed by atoms with Crippen molar-refractivity contribution in [2.24, 2.45) is 4.99 Å². The van der Waals surface area contributed by atoms with E-state index in [2.05, 4.69) is 20.5 Å². The molecule has 2 rings (SSSR count). The van der Waals surface area contributed by atoms with Crippen LogP contribution in [0.25, 0.3) is 0 Å². The number of hydrogen-bond donors (Lipinski definition) is 2. The van der Waals surface area contributed by atoms with Crippen LogP contribution in [0.4, 0.5) is 0 Å². The molecule has 0 radical (unpaired) electrons. The van der Waals surface area contributed by atoms with E-state index in [9.17, 15) is 9.59 Å². The van der Waals surface area contributed by atoms with Gasteiger partial charge in [0.1, 0.15) is 6.54 Å². The Morgan fingerprint density at radius 3 is 2.41 bits per heavy atom. The molecule has 9 nitrogen and oxygen atoms in total. The van der Waals surface area contributed by atoms with Gasteiger partial charge in [-0.15, -0.1) is 24.0 Å². The van der Waals surface area contributed by atoms with Crippen molar-refractivity contribution >= 4 is 41.8 Å². The van der Waals surface area contributed by atoms with Gasteiger partial charge >= 0.3 is 0 Å². The number of carbonyl (C=O) groups is 2. The van der Waals surface area contributed by atoms with Crippen molar-refractivity contribution < 1.29 is 14.3 Å². The summed E-state index contributed by atoms with van der Waals surface area (Å²) in [5.41, 5.74) is 1.74. The monoisotopic (exact) mass is 560 g/mol. The average Bonchev–Trinajstić information content (AvgIpc) is 2.77. The van der Waals surface area contributed by atoms with Crippen LogP contribution < -0.4 is 10.6 Å². The number of nitrogens with one attached hydrogen (secondary N) is 2. The van der Waals surface area contributed by atoms with Crippen molar-refractivity contribution in [1.82, 2.24) is 25.3 Å². The molecular formula is C22H37IN6O3. The molecule has 1 aliphatic heterocycles. The van der Waals surface area contributed by atoms with Crippen LogP contribution in [0.1, 0.15) is 15.9 Å². The van der Waals surface area contributed by atoms with Crippen LogP contribution >= 0.6 is 24.0 Å². The van der Waals surface area contributed by atoms with E-state index in [1.807, 2.05) is 24.3 Å². The second kappa shape index (κ2) is 15.0. The van der Waals surface area contributed by atoms with Gasteiger partial charge in [0.2, 0.25) is 5.91 Å². The molecule has 1 aromatic carbocycles. The molecule has 1 saturated heterocycles. The summed E-state index contributed by atoms with van der Waals surface area (Å²) in [6.45, 7) is 5.75. The number of benzene rings is 1. The van der Waals surface area contributed by atoms with Crippen LogP contribution in [0.2, 0.25) is 0 Å². The normalized spacial score (nSPS) is 14.3. The van der Waals surface area contributed by atoms with Crippen molar-refractivity contribution in [3.05, 3.63) is 35.4 Å². The molecular weight excluding hydrogens is 523 g/mol. The molecule has 0 spiro atoms. The highest BCUT2D eigenvalue weighted by atomic mass is 127. The standard InChI is InChI=1S/C22H36N6O3.HI/c1-26(2)20(29)17-25-22(24-10-11-28-12-14-31-15-13-28)23-9-8-18-6-5-7-19(16-18)21(30)27(3)4;/h5-7,16H,8-15,17H2,1-4H3,(H2,23,24,25);1H. The van der Waals surface area contributed by atoms with E-state index in [0.717, 1.165) is 51.4 Å². The van der Waals surface area contributed by atoms with Gasteiger partial charge in [0.05, 0.1) is 13.2 Å². The minimum absolute atomic E-state index is 0. The molecule has 0 bridgehead atoms. The Bertz CT molecular complexity index is 751. The van der Waals surface area contributed by atoms with Crippen LogP contribution in [-0.4, -0.2) is 113 Å². The first-order chi connectivity index (χ1) is 14.9. The molecule has 2 N–H and O–H groups in total. The third-order valence-corrected chi connectivity index (χ3v) is 4.98. The van der Waals surface area contributed by atoms with Crippen molar-refractivity contribution in [2.75, 3.05) is 80.7 Å². The Morgan fingerprint density at radius 2 is 1.75 bits per heavy atom. The van der Waals surface area contributed by atoms with Gasteiger partial charge in [-0.25, -0.2) is 4.99 Å². The van der Waals surface area contributed by atoms with Gasteiger partial charge in [-0.1, -0.05) is 12.1 Å². The van der Waals surface area contributed by atoms with Crippen molar-refractivity contribution in [1.29, 1.82) is 0 Å². The summed E-state index contributed by atoms with van der Waals surface area (Å²) in [6, 6.07) is 7.65. The third kappa shape index (κ3) is 10.1. The SMILES string of the molecule is CN(C)C(=O)CN=C(NCCc1cccc(C(=O)N(C)C)c1)NCCN1CCOCC1.I. The number of halogens is 1. The maximum absolute atomic E-state index is 12.2. The Morgan fingerprint density at radius 1 is 1.06 bits per heavy atom. The molecule has 10 heteroatoms. The van der Waals surface area contributed by atoms with Gasteiger partial charge in [0.25, 0.3) is 5.91 Å². The molecule has 0 atom stereocenters. The van der Waals surface area contributed by atoms with Gasteiger partial charge in [0, 0.05) is 66.5 Å². The van der Waals surface area contributed by atoms with E-state index < -0.39 is 0 Å². The van der Waals surface area contributed by atoms with Crippen LogP contribution in [0.15, 0.2) is 29.3 Å². The van der Waals surface area contributed by atoms with Crippen molar-refractivity contribution in [3.63, 3.8) is 0 Å². The zero-order valence-corrected chi connectivity index (χ0v) is 21.9. The fraction of sp³-hybridized carbons (Fsp3) is 0.591. The molecule has 0 saturated carbocycles. The Labute approximate surface area is 208 Å². The molecule has 0 unspecified atom stereocenters. The lowest BCUT2D eigenvalue weighted by atomic mass is 10.1. The van der Waals surface area contributed by atoms with Crippen molar-refractivity contribution in [3.8, 4) is 0 Å². The summed E-state index contributed by atoms with van der Waals surface area (Å²) in [5.74, 6) is 0.553. The van der Waals surface area contributed by atoms with E-state index in [0.29, 0.717) is 18.1 Å². The average molecular weight is 560 g/mol. The number of carbonyl (C=O) groups excluding carboxylic acids is 2. The van der Waals surface area contributed by atoms with E-state index in [1.165, 1.54) is 4.90 Å². The van der Waals surface area contributed by atoms with Crippen LogP contribution in [0, 0.1) is 0 Å². The second-order valence-electron chi connectivity index (χ2n) is 7.91. The molecule has 0 aliphatic carbocycles. The lowest BCUT2D eigenvalue weighted by Gasteiger charge is -2.26. The van der Waals surface area contributed by atoms with Gasteiger partial charge in [-0.3, -0.25) is 14.5 Å². The maximum Gasteiger partial charge on any atom is 0.253 e. The number of amides is 2. The first-order valence-electron chi connectivity index (χ1n) is 10.7. The first kappa shape index (κ1) is 28.1. The second-order valence-corrected chi connectivity index (χ2v) is 7.91. The number of guanidine groups is 1. The molecule has 32 heavy (non-hydrogen) atoms. The molecule has 1 aliphatic rings. The summed E-state index contributed by atoms with van der Waals surface area (Å²) in [5, 5.41) is 6.62. The Kier molecular flexibility index (Phi) is 13.2. The maximum atomic E-state index is 12.2. The quantitative estimate of drug-likeness (QED) is 0.260. The summed E-state index contributed by atoms with van der Waals surface area (Å²) in [7, 11) is 6.94. The summed E-state index contributed by atoms with van der Waals surface area (Å²) < 4.78 is 5.38. The molecule has 1 fully saturated rings. The van der Waals surface area contributed by atoms with Gasteiger partial charge in [0.15, 0.2) is 5.96 Å². The molecule has 1 aromatic rings. The highest BCUT2D eigenvalue weighted by Gasteiger charge is 2.11. The zero-order valence-electron chi connectivity index (χ0n) is 19.6. The molecule has 1 heterocycles. The smallest absolute Gasteiger partial charge is 0.253 e. The van der Waals surface area contributed by atoms with E-state index in [-0.39, 0.29) is 42.3 Å². The zero-order chi connectivity index (χ0) is 22.6. The number of hydrogen-bond acceptors (Lipinski definition) is 5. The number of ether oxygens (including phenoxy) is 1. The van der Waals surface area contributed by atoms with Crippen LogP contribution in [0.3, 0.4) is 0 Å². The topological polar surface area (TPSA) is 89.5 Å². The highest BCUT2D eigenvalue weighted by molar-refractivity contribution is 14.0. The summed E-state index contributed by atoms with van der Waals surface area (Å²) in [4.78, 5) is 34.0. The van der Waals surface area contributed by atoms with Crippen molar-refractivity contribution in [2.45, 2.75) is 6.42 Å². The van der Waals surface area contributed by atoms with Gasteiger partial charge in [-0.05, 0) is 24.1 Å². The molecule has 2 amide bonds.